The van der Waals surface area contributed by atoms with E-state index in [1.807, 2.05) is 6.92 Å². The molecule has 0 aliphatic rings. The molecule has 1 aromatic carbocycles. The third-order valence-corrected chi connectivity index (χ3v) is 2.97. The highest BCUT2D eigenvalue weighted by molar-refractivity contribution is 5.25. The summed E-state index contributed by atoms with van der Waals surface area (Å²) < 4.78 is 37.4. The number of rotatable bonds is 4. The molecule has 0 saturated carbocycles. The van der Waals surface area contributed by atoms with E-state index in [-0.39, 0.29) is 0 Å². The normalized spacial score (nSPS) is 15.6. The van der Waals surface area contributed by atoms with E-state index in [9.17, 15) is 18.3 Å². The fourth-order valence-corrected chi connectivity index (χ4v) is 1.49. The van der Waals surface area contributed by atoms with Crippen molar-refractivity contribution in [2.24, 2.45) is 0 Å². The minimum Gasteiger partial charge on any atom is -0.390 e. The Morgan fingerprint density at radius 2 is 1.88 bits per heavy atom. The molecule has 0 aromatic heterocycles. The van der Waals surface area contributed by atoms with Crippen molar-refractivity contribution in [1.29, 1.82) is 0 Å². The zero-order chi connectivity index (χ0) is 13.1. The van der Waals surface area contributed by atoms with Gasteiger partial charge >= 0.3 is 6.18 Å². The van der Waals surface area contributed by atoms with Crippen LogP contribution in [0.4, 0.5) is 13.2 Å². The second-order valence-electron chi connectivity index (χ2n) is 4.55. The predicted octanol–water partition coefficient (Wildman–Crippen LogP) is 3.80. The third-order valence-electron chi connectivity index (χ3n) is 2.97. The molecule has 1 rings (SSSR count). The summed E-state index contributed by atoms with van der Waals surface area (Å²) in [5.41, 5.74) is -0.839. The molecule has 1 aromatic rings. The first-order chi connectivity index (χ1) is 7.74. The number of halogens is 3. The number of hydrogen-bond donors (Lipinski definition) is 1. The van der Waals surface area contributed by atoms with E-state index in [0.717, 1.165) is 12.1 Å². The van der Waals surface area contributed by atoms with Crippen LogP contribution in [0.15, 0.2) is 24.3 Å². The summed E-state index contributed by atoms with van der Waals surface area (Å²) in [6.07, 6.45) is -2.80. The quantitative estimate of drug-likeness (QED) is 0.856. The molecule has 0 saturated heterocycles. The number of alkyl halides is 3. The molecule has 0 aliphatic heterocycles. The molecule has 0 bridgehead atoms. The molecule has 0 heterocycles. The molecule has 1 nitrogen and oxygen atoms in total. The summed E-state index contributed by atoms with van der Waals surface area (Å²) in [6, 6.07) is 5.26. The fraction of sp³-hybridized carbons (Fsp3) is 0.538. The van der Waals surface area contributed by atoms with Crippen molar-refractivity contribution in [2.45, 2.75) is 44.9 Å². The van der Waals surface area contributed by atoms with Gasteiger partial charge in [0.1, 0.15) is 0 Å². The highest BCUT2D eigenvalue weighted by Gasteiger charge is 2.30. The van der Waals surface area contributed by atoms with Gasteiger partial charge in [-0.1, -0.05) is 25.1 Å². The maximum absolute atomic E-state index is 12.5. The lowest BCUT2D eigenvalue weighted by molar-refractivity contribution is -0.137. The first-order valence-corrected chi connectivity index (χ1v) is 5.63. The predicted molar refractivity (Wildman–Crippen MR) is 60.7 cm³/mol. The summed E-state index contributed by atoms with van der Waals surface area (Å²) in [5, 5.41) is 9.79. The minimum absolute atomic E-state index is 0.449. The molecule has 0 fully saturated rings. The maximum atomic E-state index is 12.5. The molecular weight excluding hydrogens is 229 g/mol. The van der Waals surface area contributed by atoms with Crippen LogP contribution in [0.25, 0.3) is 0 Å². The van der Waals surface area contributed by atoms with Gasteiger partial charge in [-0.25, -0.2) is 0 Å². The van der Waals surface area contributed by atoms with Crippen molar-refractivity contribution in [3.05, 3.63) is 35.4 Å². The lowest BCUT2D eigenvalue weighted by atomic mass is 9.94. The van der Waals surface area contributed by atoms with E-state index in [0.29, 0.717) is 24.8 Å². The summed E-state index contributed by atoms with van der Waals surface area (Å²) >= 11 is 0. The average Bonchev–Trinajstić information content (AvgIpc) is 2.26. The van der Waals surface area contributed by atoms with Gasteiger partial charge in [-0.2, -0.15) is 13.2 Å². The Balaban J connectivity index is 2.74. The van der Waals surface area contributed by atoms with Crippen molar-refractivity contribution in [3.8, 4) is 0 Å². The van der Waals surface area contributed by atoms with Gasteiger partial charge in [0, 0.05) is 0 Å². The van der Waals surface area contributed by atoms with E-state index in [4.69, 9.17) is 0 Å². The van der Waals surface area contributed by atoms with Crippen LogP contribution in [0.3, 0.4) is 0 Å². The lowest BCUT2D eigenvalue weighted by Crippen LogP contribution is -2.23. The Hall–Kier alpha value is -1.03. The van der Waals surface area contributed by atoms with E-state index in [2.05, 4.69) is 0 Å². The van der Waals surface area contributed by atoms with Crippen molar-refractivity contribution in [1.82, 2.24) is 0 Å². The topological polar surface area (TPSA) is 20.2 Å². The lowest BCUT2D eigenvalue weighted by Gasteiger charge is -2.21. The van der Waals surface area contributed by atoms with Gasteiger partial charge in [0.25, 0.3) is 0 Å². The number of benzene rings is 1. The number of aryl methyl sites for hydroxylation is 1. The molecule has 1 unspecified atom stereocenters. The molecule has 4 heteroatoms. The molecular formula is C13H17F3O. The fourth-order valence-electron chi connectivity index (χ4n) is 1.49. The van der Waals surface area contributed by atoms with Crippen molar-refractivity contribution in [2.75, 3.05) is 0 Å². The van der Waals surface area contributed by atoms with Gasteiger partial charge in [0.05, 0.1) is 11.2 Å². The molecule has 96 valence electrons. The summed E-state index contributed by atoms with van der Waals surface area (Å²) in [4.78, 5) is 0. The Bertz CT molecular complexity index is 369. The van der Waals surface area contributed by atoms with E-state index in [1.165, 1.54) is 6.07 Å². The highest BCUT2D eigenvalue weighted by Crippen LogP contribution is 2.30. The van der Waals surface area contributed by atoms with Crippen LogP contribution in [0.1, 0.15) is 37.8 Å². The third kappa shape index (κ3) is 4.38. The zero-order valence-corrected chi connectivity index (χ0v) is 10.0. The average molecular weight is 246 g/mol. The van der Waals surface area contributed by atoms with Gasteiger partial charge in [0.15, 0.2) is 0 Å². The van der Waals surface area contributed by atoms with E-state index < -0.39 is 17.3 Å². The monoisotopic (exact) mass is 246 g/mol. The summed E-state index contributed by atoms with van der Waals surface area (Å²) in [6.45, 7) is 3.55. The van der Waals surface area contributed by atoms with Crippen LogP contribution in [0.2, 0.25) is 0 Å². The van der Waals surface area contributed by atoms with Gasteiger partial charge < -0.3 is 5.11 Å². The van der Waals surface area contributed by atoms with Gasteiger partial charge in [-0.15, -0.1) is 0 Å². The van der Waals surface area contributed by atoms with Gasteiger partial charge in [-0.05, 0) is 37.8 Å². The Morgan fingerprint density at radius 3 is 2.41 bits per heavy atom. The molecule has 0 amide bonds. The smallest absolute Gasteiger partial charge is 0.390 e. The van der Waals surface area contributed by atoms with Crippen LogP contribution in [0.5, 0.6) is 0 Å². The molecule has 0 radical (unpaired) electrons. The molecule has 0 aliphatic carbocycles. The van der Waals surface area contributed by atoms with Gasteiger partial charge in [0.2, 0.25) is 0 Å². The van der Waals surface area contributed by atoms with Crippen molar-refractivity contribution in [3.63, 3.8) is 0 Å². The Kier molecular flexibility index (Phi) is 4.20. The Morgan fingerprint density at radius 1 is 1.24 bits per heavy atom. The second-order valence-corrected chi connectivity index (χ2v) is 4.55. The number of hydrogen-bond acceptors (Lipinski definition) is 1. The zero-order valence-electron chi connectivity index (χ0n) is 10.0. The van der Waals surface area contributed by atoms with Gasteiger partial charge in [-0.3, -0.25) is 0 Å². The minimum atomic E-state index is -4.30. The summed E-state index contributed by atoms with van der Waals surface area (Å²) in [5.74, 6) is 0. The van der Waals surface area contributed by atoms with Crippen molar-refractivity contribution >= 4 is 0 Å². The highest BCUT2D eigenvalue weighted by atomic mass is 19.4. The van der Waals surface area contributed by atoms with Crippen LogP contribution in [-0.2, 0) is 12.6 Å². The summed E-state index contributed by atoms with van der Waals surface area (Å²) in [7, 11) is 0. The van der Waals surface area contributed by atoms with Crippen LogP contribution < -0.4 is 0 Å². The second kappa shape index (κ2) is 5.08. The largest absolute Gasteiger partial charge is 0.416 e. The molecule has 1 atom stereocenters. The first kappa shape index (κ1) is 14.0. The van der Waals surface area contributed by atoms with E-state index >= 15 is 0 Å². The number of aliphatic hydroxyl groups is 1. The molecule has 17 heavy (non-hydrogen) atoms. The van der Waals surface area contributed by atoms with Crippen LogP contribution in [0, 0.1) is 0 Å². The van der Waals surface area contributed by atoms with Crippen LogP contribution in [-0.4, -0.2) is 10.7 Å². The molecule has 0 spiro atoms. The molecule has 1 N–H and O–H groups in total. The Labute approximate surface area is 99.3 Å². The first-order valence-electron chi connectivity index (χ1n) is 5.63. The van der Waals surface area contributed by atoms with E-state index in [1.54, 1.807) is 13.0 Å². The van der Waals surface area contributed by atoms with Crippen LogP contribution >= 0.6 is 0 Å². The maximum Gasteiger partial charge on any atom is 0.416 e. The SMILES string of the molecule is CCC(C)(O)CCc1cccc(C(F)(F)F)c1. The van der Waals surface area contributed by atoms with Crippen molar-refractivity contribution < 1.29 is 18.3 Å². The standard InChI is InChI=1S/C13H17F3O/c1-3-12(2,17)8-7-10-5-4-6-11(9-10)13(14,15)16/h4-6,9,17H,3,7-8H2,1-2H3.